The van der Waals surface area contributed by atoms with E-state index in [1.165, 1.54) is 28.0 Å². The summed E-state index contributed by atoms with van der Waals surface area (Å²) in [5, 5.41) is 0. The minimum atomic E-state index is -0.785. The average molecular weight is 780 g/mol. The maximum atomic E-state index is 13.8. The number of benzene rings is 3. The summed E-state index contributed by atoms with van der Waals surface area (Å²) in [5.41, 5.74) is 2.94. The zero-order chi connectivity index (χ0) is 28.4. The van der Waals surface area contributed by atoms with Gasteiger partial charge >= 0.3 is 5.97 Å². The minimum absolute atomic E-state index is 0.179. The van der Waals surface area contributed by atoms with Crippen LogP contribution in [-0.2, 0) is 16.1 Å². The van der Waals surface area contributed by atoms with Gasteiger partial charge < -0.3 is 9.47 Å². The molecule has 0 N–H and O–H groups in total. The van der Waals surface area contributed by atoms with Crippen LogP contribution in [0.5, 0.6) is 5.75 Å². The van der Waals surface area contributed by atoms with Gasteiger partial charge in [-0.15, -0.1) is 0 Å². The van der Waals surface area contributed by atoms with Crippen LogP contribution in [-0.4, -0.2) is 17.1 Å². The molecular weight excluding hydrogens is 757 g/mol. The van der Waals surface area contributed by atoms with Gasteiger partial charge in [0, 0.05) is 0 Å². The number of carbonyl (C=O) groups excluding carboxylic acids is 1. The number of nitrogens with zero attached hydrogens (tertiary/aromatic N) is 2. The number of halogens is 3. The number of thiazole rings is 1. The van der Waals surface area contributed by atoms with E-state index in [9.17, 15) is 14.0 Å². The van der Waals surface area contributed by atoms with E-state index in [1.54, 1.807) is 26.0 Å². The number of carbonyl (C=O) groups is 1. The average Bonchev–Trinajstić information content (AvgIpc) is 3.22. The van der Waals surface area contributed by atoms with Crippen molar-refractivity contribution < 1.29 is 18.7 Å². The maximum absolute atomic E-state index is 13.8. The normalized spacial score (nSPS) is 15.0. The van der Waals surface area contributed by atoms with Crippen LogP contribution in [0.4, 0.5) is 4.39 Å². The Morgan fingerprint density at radius 1 is 1.10 bits per heavy atom. The van der Waals surface area contributed by atoms with Gasteiger partial charge in [-0.3, -0.25) is 9.36 Å². The van der Waals surface area contributed by atoms with Crippen molar-refractivity contribution in [3.05, 3.63) is 127 Å². The smallest absolute Gasteiger partial charge is 0.338 e. The van der Waals surface area contributed by atoms with Crippen molar-refractivity contribution >= 4 is 68.6 Å². The lowest BCUT2D eigenvalue weighted by molar-refractivity contribution is -0.139. The van der Waals surface area contributed by atoms with Crippen LogP contribution in [0.2, 0.25) is 0 Å². The highest BCUT2D eigenvalue weighted by Crippen LogP contribution is 2.32. The maximum Gasteiger partial charge on any atom is 0.338 e. The number of esters is 1. The summed E-state index contributed by atoms with van der Waals surface area (Å²) in [6, 6.07) is 18.9. The first-order chi connectivity index (χ1) is 19.3. The molecule has 1 atom stereocenters. The van der Waals surface area contributed by atoms with Crippen LogP contribution < -0.4 is 19.6 Å². The molecule has 0 saturated heterocycles. The second-order valence-electron chi connectivity index (χ2n) is 8.94. The fraction of sp³-hybridized carbons (Fsp3) is 0.167. The van der Waals surface area contributed by atoms with Crippen LogP contribution >= 0.6 is 56.5 Å². The molecule has 1 aromatic heterocycles. The van der Waals surface area contributed by atoms with Crippen LogP contribution in [0.1, 0.15) is 36.6 Å². The largest absolute Gasteiger partial charge is 0.487 e. The SMILES string of the molecule is CCOC(=O)C1=C(C)N=c2s/c(=C\c3cc(I)c(OCc4ccccc4)c(I)c3)c(=O)n2C1c1ccc(F)cc1. The van der Waals surface area contributed by atoms with Gasteiger partial charge in [0.25, 0.3) is 5.56 Å². The Balaban J connectivity index is 1.56. The predicted octanol–water partition coefficient (Wildman–Crippen LogP) is 5.73. The summed E-state index contributed by atoms with van der Waals surface area (Å²) >= 11 is 5.72. The van der Waals surface area contributed by atoms with Gasteiger partial charge in [-0.05, 0) is 106 Å². The lowest BCUT2D eigenvalue weighted by Crippen LogP contribution is -2.39. The summed E-state index contributed by atoms with van der Waals surface area (Å²) < 4.78 is 29.0. The number of hydrogen-bond acceptors (Lipinski definition) is 6. The zero-order valence-corrected chi connectivity index (χ0v) is 26.6. The zero-order valence-electron chi connectivity index (χ0n) is 21.5. The van der Waals surface area contributed by atoms with Gasteiger partial charge in [-0.2, -0.15) is 0 Å². The molecule has 1 aliphatic heterocycles. The third-order valence-electron chi connectivity index (χ3n) is 6.25. The van der Waals surface area contributed by atoms with Crippen molar-refractivity contribution in [1.29, 1.82) is 0 Å². The van der Waals surface area contributed by atoms with Crippen molar-refractivity contribution in [1.82, 2.24) is 4.57 Å². The first-order valence-electron chi connectivity index (χ1n) is 12.4. The van der Waals surface area contributed by atoms with Crippen molar-refractivity contribution in [2.75, 3.05) is 6.61 Å². The lowest BCUT2D eigenvalue weighted by Gasteiger charge is -2.24. The molecule has 3 aromatic carbocycles. The summed E-state index contributed by atoms with van der Waals surface area (Å²) in [6.45, 7) is 4.07. The van der Waals surface area contributed by atoms with Crippen molar-refractivity contribution in [2.24, 2.45) is 4.99 Å². The minimum Gasteiger partial charge on any atom is -0.487 e. The summed E-state index contributed by atoms with van der Waals surface area (Å²) in [6.07, 6.45) is 1.82. The number of aromatic nitrogens is 1. The number of allylic oxidation sites excluding steroid dienone is 1. The molecule has 1 aliphatic rings. The highest BCUT2D eigenvalue weighted by molar-refractivity contribution is 14.1. The van der Waals surface area contributed by atoms with Crippen molar-refractivity contribution in [2.45, 2.75) is 26.5 Å². The van der Waals surface area contributed by atoms with Gasteiger partial charge in [0.15, 0.2) is 4.80 Å². The second-order valence-corrected chi connectivity index (χ2v) is 12.3. The van der Waals surface area contributed by atoms with Gasteiger partial charge in [0.1, 0.15) is 18.2 Å². The van der Waals surface area contributed by atoms with Crippen molar-refractivity contribution in [3.63, 3.8) is 0 Å². The Morgan fingerprint density at radius 2 is 1.77 bits per heavy atom. The van der Waals surface area contributed by atoms with Crippen molar-refractivity contribution in [3.8, 4) is 5.75 Å². The fourth-order valence-corrected chi connectivity index (χ4v) is 7.61. The Hall–Kier alpha value is -2.84. The second kappa shape index (κ2) is 12.4. The van der Waals surface area contributed by atoms with E-state index in [0.29, 0.717) is 27.2 Å². The molecular formula is C30H23FI2N2O4S. The molecule has 0 fully saturated rings. The van der Waals surface area contributed by atoms with E-state index in [0.717, 1.165) is 24.0 Å². The van der Waals surface area contributed by atoms with E-state index in [4.69, 9.17) is 9.47 Å². The molecule has 0 spiro atoms. The number of rotatable bonds is 7. The van der Waals surface area contributed by atoms with Crippen LogP contribution in [0.25, 0.3) is 6.08 Å². The standard InChI is InChI=1S/C30H23FI2N2O4S/c1-3-38-29(37)25-17(2)34-30-35(26(25)20-9-11-21(31)12-10-20)28(36)24(40-30)15-19-13-22(32)27(23(33)14-19)39-16-18-7-5-4-6-8-18/h4-15,26H,3,16H2,1-2H3/b24-15-. The predicted molar refractivity (Wildman–Crippen MR) is 169 cm³/mol. The van der Waals surface area contributed by atoms with E-state index < -0.39 is 17.8 Å². The molecule has 1 unspecified atom stereocenters. The highest BCUT2D eigenvalue weighted by atomic mass is 127. The number of ether oxygens (including phenoxy) is 2. The van der Waals surface area contributed by atoms with E-state index in [2.05, 4.69) is 50.2 Å². The van der Waals surface area contributed by atoms with E-state index >= 15 is 0 Å². The lowest BCUT2D eigenvalue weighted by atomic mass is 9.96. The Labute approximate surface area is 261 Å². The van der Waals surface area contributed by atoms with Gasteiger partial charge in [-0.1, -0.05) is 53.8 Å². The Morgan fingerprint density at radius 3 is 2.42 bits per heavy atom. The van der Waals surface area contributed by atoms with Gasteiger partial charge in [0.05, 0.1) is 35.6 Å². The quantitative estimate of drug-likeness (QED) is 0.178. The summed E-state index contributed by atoms with van der Waals surface area (Å²) in [7, 11) is 0. The summed E-state index contributed by atoms with van der Waals surface area (Å²) in [5.74, 6) is -0.174. The van der Waals surface area contributed by atoms with Gasteiger partial charge in [0.2, 0.25) is 0 Å². The summed E-state index contributed by atoms with van der Waals surface area (Å²) in [4.78, 5) is 31.8. The van der Waals surface area contributed by atoms with Crippen LogP contribution in [0, 0.1) is 13.0 Å². The number of fused-ring (bicyclic) bond motifs is 1. The fourth-order valence-electron chi connectivity index (χ4n) is 4.43. The van der Waals surface area contributed by atoms with Gasteiger partial charge in [-0.25, -0.2) is 14.2 Å². The van der Waals surface area contributed by atoms with E-state index in [1.807, 2.05) is 48.5 Å². The first-order valence-corrected chi connectivity index (χ1v) is 15.3. The van der Waals surface area contributed by atoms with Crippen LogP contribution in [0.3, 0.4) is 0 Å². The molecule has 2 heterocycles. The Kier molecular flexibility index (Phi) is 8.86. The molecule has 0 aliphatic carbocycles. The monoisotopic (exact) mass is 780 g/mol. The molecule has 0 amide bonds. The Bertz CT molecular complexity index is 1780. The first kappa shape index (κ1) is 28.7. The molecule has 5 rings (SSSR count). The highest BCUT2D eigenvalue weighted by Gasteiger charge is 2.33. The third-order valence-corrected chi connectivity index (χ3v) is 8.83. The molecule has 40 heavy (non-hydrogen) atoms. The third kappa shape index (κ3) is 5.93. The molecule has 0 bridgehead atoms. The molecule has 6 nitrogen and oxygen atoms in total. The molecule has 0 saturated carbocycles. The number of hydrogen-bond donors (Lipinski definition) is 0. The van der Waals surface area contributed by atoms with Crippen LogP contribution in [0.15, 0.2) is 87.8 Å². The topological polar surface area (TPSA) is 69.9 Å². The molecule has 204 valence electrons. The molecule has 10 heteroatoms. The molecule has 0 radical (unpaired) electrons. The van der Waals surface area contributed by atoms with E-state index in [-0.39, 0.29) is 17.7 Å². The molecule has 4 aromatic rings.